The molecule has 1 aromatic heterocycles. The van der Waals surface area contributed by atoms with E-state index < -0.39 is 5.41 Å². The van der Waals surface area contributed by atoms with Gasteiger partial charge in [0.2, 0.25) is 0 Å². The number of esters is 1. The van der Waals surface area contributed by atoms with Gasteiger partial charge in [-0.1, -0.05) is 18.2 Å². The summed E-state index contributed by atoms with van der Waals surface area (Å²) in [4.78, 5) is 20.0. The van der Waals surface area contributed by atoms with Crippen molar-refractivity contribution in [3.05, 3.63) is 59.4 Å². The lowest BCUT2D eigenvalue weighted by molar-refractivity contribution is -0.159. The number of carbonyl (C=O) groups excluding carboxylic acids is 1. The highest BCUT2D eigenvalue weighted by Crippen LogP contribution is 2.36. The first-order valence-electron chi connectivity index (χ1n) is 10.00. The number of benzene rings is 1. The molecule has 5 nitrogen and oxygen atoms in total. The number of carbonyl (C=O) groups is 1. The zero-order valence-electron chi connectivity index (χ0n) is 17.1. The van der Waals surface area contributed by atoms with Gasteiger partial charge in [-0.05, 0) is 69.5 Å². The Morgan fingerprint density at radius 2 is 2.07 bits per heavy atom. The molecule has 5 heteroatoms. The summed E-state index contributed by atoms with van der Waals surface area (Å²) in [6.45, 7) is 6.67. The van der Waals surface area contributed by atoms with Crippen LogP contribution >= 0.6 is 0 Å². The van der Waals surface area contributed by atoms with Crippen molar-refractivity contribution in [2.45, 2.75) is 39.7 Å². The highest BCUT2D eigenvalue weighted by Gasteiger charge is 2.43. The van der Waals surface area contributed by atoms with Crippen LogP contribution in [0.3, 0.4) is 0 Å². The zero-order chi connectivity index (χ0) is 20.0. The number of piperidine rings is 1. The fraction of sp³-hybridized carbons (Fsp3) is 0.478. The molecule has 1 aromatic carbocycles. The molecular formula is C23H30N2O3. The van der Waals surface area contributed by atoms with Gasteiger partial charge in [0.25, 0.3) is 0 Å². The quantitative estimate of drug-likeness (QED) is 0.682. The van der Waals surface area contributed by atoms with Crippen molar-refractivity contribution in [1.29, 1.82) is 0 Å². The average Bonchev–Trinajstić information content (AvgIpc) is 2.68. The summed E-state index contributed by atoms with van der Waals surface area (Å²) in [7, 11) is 1.66. The topological polar surface area (TPSA) is 51.7 Å². The Morgan fingerprint density at radius 3 is 2.82 bits per heavy atom. The second-order valence-corrected chi connectivity index (χ2v) is 7.61. The van der Waals surface area contributed by atoms with Crippen molar-refractivity contribution in [1.82, 2.24) is 9.88 Å². The van der Waals surface area contributed by atoms with Crippen LogP contribution in [0.4, 0.5) is 0 Å². The Morgan fingerprint density at radius 1 is 1.25 bits per heavy atom. The van der Waals surface area contributed by atoms with Gasteiger partial charge in [-0.15, -0.1) is 0 Å². The van der Waals surface area contributed by atoms with Crippen molar-refractivity contribution < 1.29 is 14.3 Å². The van der Waals surface area contributed by atoms with Gasteiger partial charge in [0.1, 0.15) is 5.75 Å². The van der Waals surface area contributed by atoms with E-state index >= 15 is 0 Å². The molecule has 2 aromatic rings. The molecule has 0 saturated carbocycles. The Kier molecular flexibility index (Phi) is 6.68. The van der Waals surface area contributed by atoms with E-state index in [1.54, 1.807) is 7.11 Å². The van der Waals surface area contributed by atoms with Gasteiger partial charge >= 0.3 is 5.97 Å². The highest BCUT2D eigenvalue weighted by molar-refractivity contribution is 5.78. The highest BCUT2D eigenvalue weighted by atomic mass is 16.5. The van der Waals surface area contributed by atoms with Crippen LogP contribution < -0.4 is 4.74 Å². The van der Waals surface area contributed by atoms with Gasteiger partial charge in [-0.25, -0.2) is 0 Å². The van der Waals surface area contributed by atoms with Crippen LogP contribution in [0.1, 0.15) is 36.7 Å². The van der Waals surface area contributed by atoms with Crippen molar-refractivity contribution in [2.24, 2.45) is 5.41 Å². The van der Waals surface area contributed by atoms with Crippen molar-refractivity contribution in [2.75, 3.05) is 26.8 Å². The van der Waals surface area contributed by atoms with Gasteiger partial charge in [-0.3, -0.25) is 14.7 Å². The molecule has 0 bridgehead atoms. The van der Waals surface area contributed by atoms with E-state index in [1.165, 1.54) is 0 Å². The third-order valence-electron chi connectivity index (χ3n) is 5.37. The molecule has 3 rings (SSSR count). The number of hydrogen-bond acceptors (Lipinski definition) is 5. The SMILES string of the molecule is CCOC(=O)[C@@]1(Cc2cccc(OC)c2)CCCN(Cc2cccc(C)n2)C1. The average molecular weight is 383 g/mol. The van der Waals surface area contributed by atoms with Crippen LogP contribution in [-0.2, 0) is 22.5 Å². The third kappa shape index (κ3) is 4.90. The molecule has 1 fully saturated rings. The number of hydrogen-bond donors (Lipinski definition) is 0. The second kappa shape index (κ2) is 9.20. The molecule has 28 heavy (non-hydrogen) atoms. The summed E-state index contributed by atoms with van der Waals surface area (Å²) in [5.41, 5.74) is 2.62. The van der Waals surface area contributed by atoms with E-state index in [4.69, 9.17) is 9.47 Å². The summed E-state index contributed by atoms with van der Waals surface area (Å²) in [5.74, 6) is 0.716. The van der Waals surface area contributed by atoms with Crippen LogP contribution in [0.2, 0.25) is 0 Å². The van der Waals surface area contributed by atoms with Crippen LogP contribution in [0.25, 0.3) is 0 Å². The Labute approximate surface area is 167 Å². The smallest absolute Gasteiger partial charge is 0.313 e. The largest absolute Gasteiger partial charge is 0.497 e. The Bertz CT molecular complexity index is 808. The first-order valence-corrected chi connectivity index (χ1v) is 10.00. The lowest BCUT2D eigenvalue weighted by Gasteiger charge is -2.41. The number of aromatic nitrogens is 1. The predicted molar refractivity (Wildman–Crippen MR) is 109 cm³/mol. The molecule has 1 aliphatic rings. The molecule has 1 aliphatic heterocycles. The molecule has 2 heterocycles. The maximum Gasteiger partial charge on any atom is 0.313 e. The Hall–Kier alpha value is -2.40. The zero-order valence-corrected chi connectivity index (χ0v) is 17.1. The van der Waals surface area contributed by atoms with Gasteiger partial charge < -0.3 is 9.47 Å². The first-order chi connectivity index (χ1) is 13.5. The van der Waals surface area contributed by atoms with E-state index in [0.29, 0.717) is 19.6 Å². The first kappa shape index (κ1) is 20.3. The molecule has 0 unspecified atom stereocenters. The number of nitrogens with zero attached hydrogens (tertiary/aromatic N) is 2. The Balaban J connectivity index is 1.82. The molecule has 150 valence electrons. The number of pyridine rings is 1. The predicted octanol–water partition coefficient (Wildman–Crippen LogP) is 3.79. The molecule has 1 atom stereocenters. The van der Waals surface area contributed by atoms with Crippen molar-refractivity contribution >= 4 is 5.97 Å². The summed E-state index contributed by atoms with van der Waals surface area (Å²) >= 11 is 0. The third-order valence-corrected chi connectivity index (χ3v) is 5.37. The molecule has 0 aliphatic carbocycles. The fourth-order valence-corrected chi connectivity index (χ4v) is 4.12. The second-order valence-electron chi connectivity index (χ2n) is 7.61. The van der Waals surface area contributed by atoms with Gasteiger partial charge in [0.05, 0.1) is 24.8 Å². The summed E-state index contributed by atoms with van der Waals surface area (Å²) in [5, 5.41) is 0. The van der Waals surface area contributed by atoms with Crippen LogP contribution in [0.15, 0.2) is 42.5 Å². The van der Waals surface area contributed by atoms with Gasteiger partial charge in [0.15, 0.2) is 0 Å². The lowest BCUT2D eigenvalue weighted by atomic mass is 9.75. The standard InChI is InChI=1S/C23H30N2O3/c1-4-28-22(26)23(15-19-9-6-11-21(14-19)27-3)12-7-13-25(17-23)16-20-10-5-8-18(2)24-20/h5-6,8-11,14H,4,7,12-13,15-17H2,1-3H3/t23-/m1/s1. The van der Waals surface area contributed by atoms with Gasteiger partial charge in [0, 0.05) is 18.8 Å². The lowest BCUT2D eigenvalue weighted by Crippen LogP contribution is -2.49. The van der Waals surface area contributed by atoms with Crippen molar-refractivity contribution in [3.63, 3.8) is 0 Å². The number of likely N-dealkylation sites (tertiary alicyclic amines) is 1. The molecule has 0 N–H and O–H groups in total. The molecular weight excluding hydrogens is 352 g/mol. The van der Waals surface area contributed by atoms with Gasteiger partial charge in [-0.2, -0.15) is 0 Å². The summed E-state index contributed by atoms with van der Waals surface area (Å²) in [6, 6.07) is 14.1. The number of aryl methyl sites for hydroxylation is 1. The number of ether oxygens (including phenoxy) is 2. The van der Waals surface area contributed by atoms with Crippen LogP contribution in [-0.4, -0.2) is 42.7 Å². The van der Waals surface area contributed by atoms with E-state index in [1.807, 2.05) is 44.2 Å². The minimum atomic E-state index is -0.537. The minimum Gasteiger partial charge on any atom is -0.497 e. The van der Waals surface area contributed by atoms with Crippen LogP contribution in [0, 0.1) is 12.3 Å². The maximum atomic E-state index is 13.0. The number of methoxy groups -OCH3 is 1. The summed E-state index contributed by atoms with van der Waals surface area (Å²) < 4.78 is 10.9. The summed E-state index contributed by atoms with van der Waals surface area (Å²) in [6.07, 6.45) is 2.45. The number of rotatable bonds is 7. The van der Waals surface area contributed by atoms with Crippen LogP contribution in [0.5, 0.6) is 5.75 Å². The van der Waals surface area contributed by atoms with E-state index in [-0.39, 0.29) is 5.97 Å². The van der Waals surface area contributed by atoms with E-state index in [2.05, 4.69) is 22.0 Å². The maximum absolute atomic E-state index is 13.0. The van der Waals surface area contributed by atoms with Crippen molar-refractivity contribution in [3.8, 4) is 5.75 Å². The molecule has 0 radical (unpaired) electrons. The monoisotopic (exact) mass is 382 g/mol. The van der Waals surface area contributed by atoms with E-state index in [0.717, 1.165) is 48.6 Å². The van der Waals surface area contributed by atoms with E-state index in [9.17, 15) is 4.79 Å². The molecule has 1 saturated heterocycles. The fourth-order valence-electron chi connectivity index (χ4n) is 4.12. The normalized spacial score (nSPS) is 20.0. The molecule has 0 amide bonds. The minimum absolute atomic E-state index is 0.0975. The molecule has 0 spiro atoms.